The van der Waals surface area contributed by atoms with Crippen LogP contribution in [0.3, 0.4) is 0 Å². The lowest BCUT2D eigenvalue weighted by Crippen LogP contribution is -2.29. The van der Waals surface area contributed by atoms with Gasteiger partial charge in [0.1, 0.15) is 0 Å². The highest BCUT2D eigenvalue weighted by molar-refractivity contribution is 7.89. The van der Waals surface area contributed by atoms with E-state index in [0.29, 0.717) is 0 Å². The van der Waals surface area contributed by atoms with Crippen LogP contribution in [0, 0.1) is 0 Å². The predicted molar refractivity (Wildman–Crippen MR) is 52.7 cm³/mol. The molecule has 7 heteroatoms. The van der Waals surface area contributed by atoms with Crippen LogP contribution in [-0.4, -0.2) is 20.4 Å². The first kappa shape index (κ1) is 11.7. The van der Waals surface area contributed by atoms with E-state index in [9.17, 15) is 13.2 Å². The Kier molecular flexibility index (Phi) is 3.15. The fraction of sp³-hybridized carbons (Fsp3) is 0.375. The molecule has 1 heterocycles. The molecule has 84 valence electrons. The highest BCUT2D eigenvalue weighted by atomic mass is 32.2. The van der Waals surface area contributed by atoms with E-state index in [0.717, 1.165) is 6.07 Å². The summed E-state index contributed by atoms with van der Waals surface area (Å²) in [5, 5.41) is 6.95. The van der Waals surface area contributed by atoms with E-state index in [1.165, 1.54) is 6.07 Å². The molecule has 0 unspecified atom stereocenters. The van der Waals surface area contributed by atoms with Crippen molar-refractivity contribution in [1.29, 1.82) is 0 Å². The summed E-state index contributed by atoms with van der Waals surface area (Å²) in [4.78, 5) is 11.4. The zero-order chi connectivity index (χ0) is 11.6. The van der Waals surface area contributed by atoms with Crippen LogP contribution in [0.5, 0.6) is 0 Å². The smallest absolute Gasteiger partial charge is 0.287 e. The van der Waals surface area contributed by atoms with Gasteiger partial charge in [-0.3, -0.25) is 4.79 Å². The molecule has 3 N–H and O–H groups in total. The monoisotopic (exact) mass is 232 g/mol. The van der Waals surface area contributed by atoms with Crippen molar-refractivity contribution >= 4 is 15.9 Å². The molecule has 0 saturated carbocycles. The van der Waals surface area contributed by atoms with Gasteiger partial charge in [0.15, 0.2) is 5.76 Å². The summed E-state index contributed by atoms with van der Waals surface area (Å²) in [5.41, 5.74) is 0. The maximum Gasteiger partial charge on any atom is 0.287 e. The van der Waals surface area contributed by atoms with Crippen LogP contribution in [0.1, 0.15) is 24.4 Å². The normalized spacial score (nSPS) is 11.7. The lowest BCUT2D eigenvalue weighted by molar-refractivity contribution is 0.0910. The van der Waals surface area contributed by atoms with Crippen molar-refractivity contribution < 1.29 is 17.6 Å². The van der Waals surface area contributed by atoms with Gasteiger partial charge in [0.05, 0.1) is 0 Å². The Hall–Kier alpha value is -1.34. The second-order valence-corrected chi connectivity index (χ2v) is 4.78. The topological polar surface area (TPSA) is 102 Å². The Morgan fingerprint density at radius 2 is 2.07 bits per heavy atom. The molecule has 6 nitrogen and oxygen atoms in total. The molecule has 0 bridgehead atoms. The molecule has 0 radical (unpaired) electrons. The van der Waals surface area contributed by atoms with Crippen molar-refractivity contribution in [3.63, 3.8) is 0 Å². The number of nitrogens with two attached hydrogens (primary N) is 1. The van der Waals surface area contributed by atoms with Gasteiger partial charge in [0.2, 0.25) is 5.09 Å². The average molecular weight is 232 g/mol. The fourth-order valence-corrected chi connectivity index (χ4v) is 1.39. The Bertz CT molecular complexity index is 461. The quantitative estimate of drug-likeness (QED) is 0.769. The number of rotatable bonds is 3. The van der Waals surface area contributed by atoms with Gasteiger partial charge in [-0.2, -0.15) is 0 Å². The second kappa shape index (κ2) is 4.03. The maximum absolute atomic E-state index is 11.4. The minimum atomic E-state index is -3.89. The molecule has 1 aromatic rings. The molecule has 1 amide bonds. The van der Waals surface area contributed by atoms with Gasteiger partial charge < -0.3 is 9.73 Å². The summed E-state index contributed by atoms with van der Waals surface area (Å²) >= 11 is 0. The van der Waals surface area contributed by atoms with Crippen LogP contribution in [0.4, 0.5) is 0 Å². The van der Waals surface area contributed by atoms with Crippen molar-refractivity contribution in [2.75, 3.05) is 0 Å². The summed E-state index contributed by atoms with van der Waals surface area (Å²) in [7, 11) is -3.89. The number of hydrogen-bond acceptors (Lipinski definition) is 4. The van der Waals surface area contributed by atoms with Gasteiger partial charge in [0, 0.05) is 6.04 Å². The van der Waals surface area contributed by atoms with Gasteiger partial charge in [-0.05, 0) is 26.0 Å². The second-order valence-electron chi connectivity index (χ2n) is 3.29. The van der Waals surface area contributed by atoms with E-state index in [1.54, 1.807) is 13.8 Å². The van der Waals surface area contributed by atoms with Crippen molar-refractivity contribution in [2.24, 2.45) is 5.14 Å². The number of amides is 1. The summed E-state index contributed by atoms with van der Waals surface area (Å²) in [6.45, 7) is 3.56. The molecule has 0 aliphatic heterocycles. The standard InChI is InChI=1S/C8H12N2O4S/c1-5(2)10-8(11)6-3-4-7(14-6)15(9,12)13/h3-5H,1-2H3,(H,10,11)(H2,9,12,13). The zero-order valence-electron chi connectivity index (χ0n) is 8.35. The number of furan rings is 1. The Balaban J connectivity index is 2.90. The first-order chi connectivity index (χ1) is 6.80. The van der Waals surface area contributed by atoms with Gasteiger partial charge >= 0.3 is 0 Å². The van der Waals surface area contributed by atoms with Gasteiger partial charge in [-0.1, -0.05) is 0 Å². The molecule has 0 spiro atoms. The van der Waals surface area contributed by atoms with E-state index >= 15 is 0 Å². The number of carbonyl (C=O) groups excluding carboxylic acids is 1. The molecule has 0 atom stereocenters. The molecule has 0 aromatic carbocycles. The molecular formula is C8H12N2O4S. The Morgan fingerprint density at radius 3 is 2.47 bits per heavy atom. The van der Waals surface area contributed by atoms with E-state index in [1.807, 2.05) is 0 Å². The number of hydrogen-bond donors (Lipinski definition) is 2. The van der Waals surface area contributed by atoms with E-state index < -0.39 is 21.0 Å². The summed E-state index contributed by atoms with van der Waals surface area (Å²) < 4.78 is 26.5. The third-order valence-electron chi connectivity index (χ3n) is 1.51. The first-order valence-corrected chi connectivity index (χ1v) is 5.79. The van der Waals surface area contributed by atoms with Crippen LogP contribution in [0.2, 0.25) is 0 Å². The van der Waals surface area contributed by atoms with Crippen LogP contribution in [0.15, 0.2) is 21.6 Å². The average Bonchev–Trinajstić information content (AvgIpc) is 2.48. The van der Waals surface area contributed by atoms with E-state index in [-0.39, 0.29) is 11.8 Å². The molecular weight excluding hydrogens is 220 g/mol. The molecule has 0 saturated heterocycles. The molecule has 1 aromatic heterocycles. The minimum absolute atomic E-state index is 0.0551. The van der Waals surface area contributed by atoms with Crippen LogP contribution in [-0.2, 0) is 10.0 Å². The van der Waals surface area contributed by atoms with Crippen molar-refractivity contribution in [3.05, 3.63) is 17.9 Å². The van der Waals surface area contributed by atoms with Crippen LogP contribution in [0.25, 0.3) is 0 Å². The minimum Gasteiger partial charge on any atom is -0.438 e. The fourth-order valence-electron chi connectivity index (χ4n) is 0.928. The SMILES string of the molecule is CC(C)NC(=O)c1ccc(S(N)(=O)=O)o1. The third-order valence-corrected chi connectivity index (χ3v) is 2.29. The largest absolute Gasteiger partial charge is 0.438 e. The maximum atomic E-state index is 11.4. The molecule has 15 heavy (non-hydrogen) atoms. The molecule has 0 aliphatic rings. The van der Waals surface area contributed by atoms with Crippen molar-refractivity contribution in [1.82, 2.24) is 5.32 Å². The summed E-state index contributed by atoms with van der Waals surface area (Å²) in [6, 6.07) is 2.35. The number of carbonyl (C=O) groups is 1. The van der Waals surface area contributed by atoms with E-state index in [4.69, 9.17) is 9.56 Å². The highest BCUT2D eigenvalue weighted by Gasteiger charge is 2.17. The van der Waals surface area contributed by atoms with Gasteiger partial charge in [-0.25, -0.2) is 13.6 Å². The number of primary sulfonamides is 1. The van der Waals surface area contributed by atoms with Crippen molar-refractivity contribution in [3.8, 4) is 0 Å². The Morgan fingerprint density at radius 1 is 1.47 bits per heavy atom. The predicted octanol–water partition coefficient (Wildman–Crippen LogP) is 0.0652. The zero-order valence-corrected chi connectivity index (χ0v) is 9.17. The lowest BCUT2D eigenvalue weighted by Gasteiger charge is -2.05. The number of sulfonamides is 1. The van der Waals surface area contributed by atoms with Gasteiger partial charge in [0.25, 0.3) is 15.9 Å². The van der Waals surface area contributed by atoms with Crippen LogP contribution < -0.4 is 10.5 Å². The van der Waals surface area contributed by atoms with Crippen LogP contribution >= 0.6 is 0 Å². The summed E-state index contributed by atoms with van der Waals surface area (Å²) in [5.74, 6) is -0.548. The molecule has 1 rings (SSSR count). The van der Waals surface area contributed by atoms with E-state index in [2.05, 4.69) is 5.32 Å². The van der Waals surface area contributed by atoms with Crippen molar-refractivity contribution in [2.45, 2.75) is 25.0 Å². The first-order valence-electron chi connectivity index (χ1n) is 4.24. The van der Waals surface area contributed by atoms with Gasteiger partial charge in [-0.15, -0.1) is 0 Å². The Labute approximate surface area is 87.5 Å². The number of nitrogens with one attached hydrogen (secondary N) is 1. The summed E-state index contributed by atoms with van der Waals surface area (Å²) in [6.07, 6.45) is 0. The lowest BCUT2D eigenvalue weighted by atomic mass is 10.3. The highest BCUT2D eigenvalue weighted by Crippen LogP contribution is 2.11. The molecule has 0 fully saturated rings. The molecule has 0 aliphatic carbocycles. The third kappa shape index (κ3) is 3.07.